The van der Waals surface area contributed by atoms with Crippen LogP contribution < -0.4 is 10.1 Å². The molecule has 0 saturated heterocycles. The third-order valence-corrected chi connectivity index (χ3v) is 6.25. The molecule has 0 fully saturated rings. The minimum atomic E-state index is -0.661. The van der Waals surface area contributed by atoms with Gasteiger partial charge in [0.15, 0.2) is 6.61 Å². The van der Waals surface area contributed by atoms with Crippen molar-refractivity contribution in [1.82, 2.24) is 10.2 Å². The number of halogens is 1. The summed E-state index contributed by atoms with van der Waals surface area (Å²) in [5.74, 6) is 0.248. The molecule has 184 valence electrons. The first-order valence-corrected chi connectivity index (χ1v) is 12.8. The highest BCUT2D eigenvalue weighted by Gasteiger charge is 2.30. The lowest BCUT2D eigenvalue weighted by Gasteiger charge is -2.31. The first-order valence-electron chi connectivity index (χ1n) is 12.0. The highest BCUT2D eigenvalue weighted by molar-refractivity contribution is 9.10. The quantitative estimate of drug-likeness (QED) is 0.302. The Labute approximate surface area is 216 Å². The molecule has 0 heterocycles. The Bertz CT molecular complexity index is 1090. The number of hydrogen-bond donors (Lipinski definition) is 1. The molecule has 0 aliphatic heterocycles. The Morgan fingerprint density at radius 1 is 0.971 bits per heavy atom. The van der Waals surface area contributed by atoms with E-state index >= 15 is 0 Å². The molecule has 0 saturated carbocycles. The zero-order valence-corrected chi connectivity index (χ0v) is 22.0. The molecule has 0 unspecified atom stereocenters. The molecule has 3 aromatic rings. The number of ether oxygens (including phenoxy) is 1. The molecule has 2 amide bonds. The number of benzene rings is 3. The molecule has 3 rings (SSSR count). The molecule has 0 radical (unpaired) electrons. The van der Waals surface area contributed by atoms with E-state index in [0.717, 1.165) is 34.0 Å². The number of nitrogens with zero attached hydrogens (tertiary/aromatic N) is 1. The Morgan fingerprint density at radius 3 is 2.40 bits per heavy atom. The molecule has 5 nitrogen and oxygen atoms in total. The second kappa shape index (κ2) is 13.7. The fraction of sp³-hybridized carbons (Fsp3) is 0.310. The Hall–Kier alpha value is -3.12. The third kappa shape index (κ3) is 8.55. The predicted molar refractivity (Wildman–Crippen MR) is 143 cm³/mol. The van der Waals surface area contributed by atoms with Crippen molar-refractivity contribution in [1.29, 1.82) is 0 Å². The second-order valence-corrected chi connectivity index (χ2v) is 9.52. The molecule has 0 aliphatic rings. The molecule has 0 aromatic heterocycles. The number of unbranched alkanes of at least 4 members (excludes halogenated alkanes) is 1. The average molecular weight is 537 g/mol. The molecule has 1 N–H and O–H groups in total. The van der Waals surface area contributed by atoms with Crippen LogP contribution in [0, 0.1) is 6.92 Å². The summed E-state index contributed by atoms with van der Waals surface area (Å²) in [6.07, 6.45) is 2.29. The highest BCUT2D eigenvalue weighted by Crippen LogP contribution is 2.18. The van der Waals surface area contributed by atoms with E-state index in [4.69, 9.17) is 4.74 Å². The lowest BCUT2D eigenvalue weighted by molar-refractivity contribution is -0.142. The van der Waals surface area contributed by atoms with Gasteiger partial charge in [-0.3, -0.25) is 9.59 Å². The van der Waals surface area contributed by atoms with Crippen LogP contribution in [0.3, 0.4) is 0 Å². The lowest BCUT2D eigenvalue weighted by Crippen LogP contribution is -2.51. The molecule has 3 aromatic carbocycles. The number of nitrogens with one attached hydrogen (secondary N) is 1. The van der Waals surface area contributed by atoms with Crippen molar-refractivity contribution in [2.75, 3.05) is 13.2 Å². The van der Waals surface area contributed by atoms with Gasteiger partial charge in [-0.2, -0.15) is 0 Å². The van der Waals surface area contributed by atoms with E-state index in [1.807, 2.05) is 85.8 Å². The maximum Gasteiger partial charge on any atom is 0.261 e. The van der Waals surface area contributed by atoms with Gasteiger partial charge in [0.2, 0.25) is 5.91 Å². The van der Waals surface area contributed by atoms with Gasteiger partial charge >= 0.3 is 0 Å². The fourth-order valence-electron chi connectivity index (χ4n) is 3.78. The monoisotopic (exact) mass is 536 g/mol. The average Bonchev–Trinajstić information content (AvgIpc) is 2.86. The van der Waals surface area contributed by atoms with Crippen molar-refractivity contribution in [3.8, 4) is 5.75 Å². The second-order valence-electron chi connectivity index (χ2n) is 8.60. The summed E-state index contributed by atoms with van der Waals surface area (Å²) in [5.41, 5.74) is 2.99. The van der Waals surface area contributed by atoms with E-state index in [2.05, 4.69) is 28.2 Å². The fourth-order valence-corrected chi connectivity index (χ4v) is 4.04. The van der Waals surface area contributed by atoms with Gasteiger partial charge in [-0.15, -0.1) is 0 Å². The highest BCUT2D eigenvalue weighted by atomic mass is 79.9. The minimum absolute atomic E-state index is 0.145. The van der Waals surface area contributed by atoms with Crippen molar-refractivity contribution in [3.05, 3.63) is 100 Å². The summed E-state index contributed by atoms with van der Waals surface area (Å²) in [6, 6.07) is 24.5. The number of amides is 2. The third-order valence-electron chi connectivity index (χ3n) is 5.72. The van der Waals surface area contributed by atoms with Crippen molar-refractivity contribution in [3.63, 3.8) is 0 Å². The van der Waals surface area contributed by atoms with Crippen molar-refractivity contribution < 1.29 is 14.3 Å². The van der Waals surface area contributed by atoms with Gasteiger partial charge in [0.25, 0.3) is 5.91 Å². The summed E-state index contributed by atoms with van der Waals surface area (Å²) in [7, 11) is 0. The van der Waals surface area contributed by atoms with Crippen LogP contribution in [0.25, 0.3) is 0 Å². The van der Waals surface area contributed by atoms with Crippen molar-refractivity contribution >= 4 is 27.7 Å². The number of rotatable bonds is 12. The molecule has 0 spiro atoms. The summed E-state index contributed by atoms with van der Waals surface area (Å²) >= 11 is 3.46. The topological polar surface area (TPSA) is 58.6 Å². The molecule has 35 heavy (non-hydrogen) atoms. The number of carbonyl (C=O) groups excluding carboxylic acids is 2. The summed E-state index contributed by atoms with van der Waals surface area (Å²) in [6.45, 7) is 4.81. The number of carbonyl (C=O) groups is 2. The van der Waals surface area contributed by atoms with E-state index in [1.54, 1.807) is 4.90 Å². The predicted octanol–water partition coefficient (Wildman–Crippen LogP) is 5.69. The molecule has 0 bridgehead atoms. The summed E-state index contributed by atoms with van der Waals surface area (Å²) < 4.78 is 6.79. The van der Waals surface area contributed by atoms with Gasteiger partial charge in [-0.05, 0) is 54.3 Å². The first kappa shape index (κ1) is 26.5. The van der Waals surface area contributed by atoms with Gasteiger partial charge in [-0.1, -0.05) is 83.9 Å². The van der Waals surface area contributed by atoms with E-state index in [9.17, 15) is 9.59 Å². The smallest absolute Gasteiger partial charge is 0.261 e. The molecule has 0 aliphatic carbocycles. The number of hydrogen-bond acceptors (Lipinski definition) is 3. The van der Waals surface area contributed by atoms with Crippen LogP contribution in [0.5, 0.6) is 5.75 Å². The van der Waals surface area contributed by atoms with Gasteiger partial charge in [0.1, 0.15) is 11.8 Å². The number of aryl methyl sites for hydroxylation is 1. The maximum absolute atomic E-state index is 13.6. The van der Waals surface area contributed by atoms with Crippen LogP contribution in [0.2, 0.25) is 0 Å². The molecule has 6 heteroatoms. The van der Waals surface area contributed by atoms with Crippen LogP contribution in [-0.4, -0.2) is 35.9 Å². The van der Waals surface area contributed by atoms with Gasteiger partial charge < -0.3 is 15.0 Å². The van der Waals surface area contributed by atoms with Crippen molar-refractivity contribution in [2.45, 2.75) is 45.7 Å². The van der Waals surface area contributed by atoms with Crippen LogP contribution in [0.4, 0.5) is 0 Å². The van der Waals surface area contributed by atoms with Gasteiger partial charge in [0.05, 0.1) is 0 Å². The van der Waals surface area contributed by atoms with Crippen LogP contribution in [-0.2, 0) is 22.6 Å². The Kier molecular flexibility index (Phi) is 10.4. The Morgan fingerprint density at radius 2 is 1.71 bits per heavy atom. The molecule has 1 atom stereocenters. The summed E-state index contributed by atoms with van der Waals surface area (Å²) in [5, 5.41) is 3.03. The van der Waals surface area contributed by atoms with Gasteiger partial charge in [-0.25, -0.2) is 0 Å². The van der Waals surface area contributed by atoms with Crippen LogP contribution in [0.15, 0.2) is 83.3 Å². The first-order chi connectivity index (χ1) is 17.0. The Balaban J connectivity index is 1.87. The lowest BCUT2D eigenvalue weighted by atomic mass is 10.0. The maximum atomic E-state index is 13.6. The van der Waals surface area contributed by atoms with Crippen LogP contribution >= 0.6 is 15.9 Å². The summed E-state index contributed by atoms with van der Waals surface area (Å²) in [4.78, 5) is 28.6. The van der Waals surface area contributed by atoms with E-state index in [0.29, 0.717) is 25.3 Å². The van der Waals surface area contributed by atoms with Gasteiger partial charge in [0, 0.05) is 24.0 Å². The zero-order valence-electron chi connectivity index (χ0n) is 20.4. The minimum Gasteiger partial charge on any atom is -0.484 e. The van der Waals surface area contributed by atoms with E-state index in [1.165, 1.54) is 0 Å². The van der Waals surface area contributed by atoms with Crippen LogP contribution in [0.1, 0.15) is 36.5 Å². The van der Waals surface area contributed by atoms with Crippen molar-refractivity contribution in [2.24, 2.45) is 0 Å². The normalized spacial score (nSPS) is 11.5. The molecular formula is C29H33BrN2O3. The van der Waals surface area contributed by atoms with E-state index in [-0.39, 0.29) is 18.4 Å². The standard InChI is InChI=1S/C29H33BrN2O3/c1-3-4-17-31-29(34)27(19-23-10-6-5-7-11-23)32(20-24-13-15-25(30)16-14-24)28(33)21-35-26-12-8-9-22(2)18-26/h5-16,18,27H,3-4,17,19-21H2,1-2H3,(H,31,34)/t27-/m0/s1. The van der Waals surface area contributed by atoms with E-state index < -0.39 is 6.04 Å². The molecular weight excluding hydrogens is 504 g/mol. The largest absolute Gasteiger partial charge is 0.484 e. The zero-order chi connectivity index (χ0) is 25.0. The SMILES string of the molecule is CCCCNC(=O)[C@H](Cc1ccccc1)N(Cc1ccc(Br)cc1)C(=O)COc1cccc(C)c1.